The summed E-state index contributed by atoms with van der Waals surface area (Å²) in [6.45, 7) is 5.93. The standard InChI is InChI=1S/C16H22N6O/c23-16(18-7-4-10-21-11-8-17-9-12-21)15-13-19-22(20-15)14-5-2-1-3-6-14/h1-3,5-6,13,17H,4,7-12H2,(H,18,23). The minimum atomic E-state index is -0.174. The second kappa shape index (κ2) is 7.85. The van der Waals surface area contributed by atoms with E-state index in [4.69, 9.17) is 0 Å². The van der Waals surface area contributed by atoms with E-state index in [1.54, 1.807) is 0 Å². The normalized spacial score (nSPS) is 15.5. The van der Waals surface area contributed by atoms with Gasteiger partial charge in [0, 0.05) is 32.7 Å². The fourth-order valence-corrected chi connectivity index (χ4v) is 2.58. The number of benzene rings is 1. The van der Waals surface area contributed by atoms with Crippen molar-refractivity contribution >= 4 is 5.91 Å². The third kappa shape index (κ3) is 4.37. The van der Waals surface area contributed by atoms with Crippen molar-refractivity contribution in [2.24, 2.45) is 0 Å². The van der Waals surface area contributed by atoms with Crippen LogP contribution in [-0.2, 0) is 0 Å². The maximum atomic E-state index is 12.1. The van der Waals surface area contributed by atoms with E-state index >= 15 is 0 Å². The zero-order valence-electron chi connectivity index (χ0n) is 13.1. The average Bonchev–Trinajstić information content (AvgIpc) is 3.10. The van der Waals surface area contributed by atoms with Gasteiger partial charge in [-0.15, -0.1) is 5.10 Å². The van der Waals surface area contributed by atoms with Gasteiger partial charge in [-0.3, -0.25) is 4.79 Å². The second-order valence-corrected chi connectivity index (χ2v) is 5.56. The van der Waals surface area contributed by atoms with Gasteiger partial charge in [0.15, 0.2) is 5.69 Å². The molecule has 7 nitrogen and oxygen atoms in total. The lowest BCUT2D eigenvalue weighted by molar-refractivity contribution is 0.0946. The molecule has 23 heavy (non-hydrogen) atoms. The van der Waals surface area contributed by atoms with Gasteiger partial charge in [0.2, 0.25) is 0 Å². The molecular weight excluding hydrogens is 292 g/mol. The Balaban J connectivity index is 1.44. The van der Waals surface area contributed by atoms with Gasteiger partial charge >= 0.3 is 0 Å². The van der Waals surface area contributed by atoms with Crippen LogP contribution < -0.4 is 10.6 Å². The van der Waals surface area contributed by atoms with Gasteiger partial charge < -0.3 is 15.5 Å². The number of carbonyl (C=O) groups excluding carboxylic acids is 1. The van der Waals surface area contributed by atoms with Crippen LogP contribution in [0.4, 0.5) is 0 Å². The smallest absolute Gasteiger partial charge is 0.273 e. The zero-order valence-corrected chi connectivity index (χ0v) is 13.1. The number of aromatic nitrogens is 3. The summed E-state index contributed by atoms with van der Waals surface area (Å²) in [5.74, 6) is -0.174. The van der Waals surface area contributed by atoms with Crippen LogP contribution in [0.3, 0.4) is 0 Å². The number of nitrogens with zero attached hydrogens (tertiary/aromatic N) is 4. The lowest BCUT2D eigenvalue weighted by atomic mass is 10.3. The first kappa shape index (κ1) is 15.6. The Hall–Kier alpha value is -2.25. The molecule has 0 atom stereocenters. The van der Waals surface area contributed by atoms with Gasteiger partial charge in [-0.2, -0.15) is 9.90 Å². The third-order valence-electron chi connectivity index (χ3n) is 3.86. The molecule has 1 aromatic carbocycles. The number of hydrogen-bond acceptors (Lipinski definition) is 5. The van der Waals surface area contributed by atoms with Crippen molar-refractivity contribution in [2.75, 3.05) is 39.3 Å². The molecule has 0 bridgehead atoms. The molecule has 0 unspecified atom stereocenters. The molecule has 1 saturated heterocycles. The summed E-state index contributed by atoms with van der Waals surface area (Å²) < 4.78 is 0. The number of para-hydroxylation sites is 1. The maximum Gasteiger partial charge on any atom is 0.273 e. The summed E-state index contributed by atoms with van der Waals surface area (Å²) in [6, 6.07) is 9.55. The molecule has 2 N–H and O–H groups in total. The predicted molar refractivity (Wildman–Crippen MR) is 87.6 cm³/mol. The summed E-state index contributed by atoms with van der Waals surface area (Å²) in [5.41, 5.74) is 1.18. The highest BCUT2D eigenvalue weighted by Crippen LogP contribution is 2.04. The molecular formula is C16H22N6O. The van der Waals surface area contributed by atoms with Crippen LogP contribution in [0.25, 0.3) is 5.69 Å². The largest absolute Gasteiger partial charge is 0.351 e. The highest BCUT2D eigenvalue weighted by atomic mass is 16.2. The predicted octanol–water partition coefficient (Wildman–Crippen LogP) is 0.292. The lowest BCUT2D eigenvalue weighted by Crippen LogP contribution is -2.44. The molecule has 2 heterocycles. The summed E-state index contributed by atoms with van der Waals surface area (Å²) in [7, 11) is 0. The van der Waals surface area contributed by atoms with E-state index in [1.807, 2.05) is 30.3 Å². The summed E-state index contributed by atoms with van der Waals surface area (Å²) in [6.07, 6.45) is 2.44. The lowest BCUT2D eigenvalue weighted by Gasteiger charge is -2.26. The Kier molecular flexibility index (Phi) is 5.33. The van der Waals surface area contributed by atoms with E-state index in [1.165, 1.54) is 11.0 Å². The van der Waals surface area contributed by atoms with E-state index in [9.17, 15) is 4.79 Å². The van der Waals surface area contributed by atoms with E-state index in [0.717, 1.165) is 44.8 Å². The quantitative estimate of drug-likeness (QED) is 0.750. The fourth-order valence-electron chi connectivity index (χ4n) is 2.58. The number of piperazine rings is 1. The first-order valence-electron chi connectivity index (χ1n) is 8.02. The van der Waals surface area contributed by atoms with Crippen molar-refractivity contribution < 1.29 is 4.79 Å². The highest BCUT2D eigenvalue weighted by molar-refractivity contribution is 5.91. The van der Waals surface area contributed by atoms with Crippen molar-refractivity contribution in [3.05, 3.63) is 42.2 Å². The van der Waals surface area contributed by atoms with Gasteiger partial charge in [-0.05, 0) is 25.1 Å². The second-order valence-electron chi connectivity index (χ2n) is 5.56. The van der Waals surface area contributed by atoms with E-state index in [2.05, 4.69) is 25.7 Å². The molecule has 0 radical (unpaired) electrons. The monoisotopic (exact) mass is 314 g/mol. The van der Waals surface area contributed by atoms with Gasteiger partial charge in [0.05, 0.1) is 11.9 Å². The van der Waals surface area contributed by atoms with E-state index in [0.29, 0.717) is 12.2 Å². The summed E-state index contributed by atoms with van der Waals surface area (Å²) >= 11 is 0. The summed E-state index contributed by atoms with van der Waals surface area (Å²) in [5, 5.41) is 14.6. The molecule has 3 rings (SSSR count). The minimum Gasteiger partial charge on any atom is -0.351 e. The maximum absolute atomic E-state index is 12.1. The van der Waals surface area contributed by atoms with Gasteiger partial charge in [0.25, 0.3) is 5.91 Å². The van der Waals surface area contributed by atoms with Crippen LogP contribution in [0.5, 0.6) is 0 Å². The van der Waals surface area contributed by atoms with Crippen molar-refractivity contribution in [3.63, 3.8) is 0 Å². The molecule has 7 heteroatoms. The topological polar surface area (TPSA) is 75.1 Å². The number of carbonyl (C=O) groups is 1. The molecule has 1 amide bonds. The Morgan fingerprint density at radius 3 is 2.78 bits per heavy atom. The molecule has 1 aliphatic heterocycles. The molecule has 0 saturated carbocycles. The van der Waals surface area contributed by atoms with Crippen molar-refractivity contribution in [2.45, 2.75) is 6.42 Å². The van der Waals surface area contributed by atoms with Crippen LogP contribution in [0.15, 0.2) is 36.5 Å². The SMILES string of the molecule is O=C(NCCCN1CCNCC1)c1cnn(-c2ccccc2)n1. The van der Waals surface area contributed by atoms with Crippen molar-refractivity contribution in [3.8, 4) is 5.69 Å². The Labute approximate surface area is 135 Å². The van der Waals surface area contributed by atoms with Gasteiger partial charge in [-0.25, -0.2) is 0 Å². The Morgan fingerprint density at radius 2 is 2.00 bits per heavy atom. The number of rotatable bonds is 6. The number of hydrogen-bond donors (Lipinski definition) is 2. The molecule has 0 aliphatic carbocycles. The fraction of sp³-hybridized carbons (Fsp3) is 0.438. The van der Waals surface area contributed by atoms with E-state index < -0.39 is 0 Å². The zero-order chi connectivity index (χ0) is 15.9. The van der Waals surface area contributed by atoms with Gasteiger partial charge in [-0.1, -0.05) is 18.2 Å². The first-order chi connectivity index (χ1) is 11.3. The Morgan fingerprint density at radius 1 is 1.22 bits per heavy atom. The van der Waals surface area contributed by atoms with Crippen molar-refractivity contribution in [1.29, 1.82) is 0 Å². The summed E-state index contributed by atoms with van der Waals surface area (Å²) in [4.78, 5) is 16.0. The molecule has 1 aromatic heterocycles. The van der Waals surface area contributed by atoms with Crippen LogP contribution in [0.1, 0.15) is 16.9 Å². The Bertz CT molecular complexity index is 621. The van der Waals surface area contributed by atoms with Crippen LogP contribution >= 0.6 is 0 Å². The van der Waals surface area contributed by atoms with Crippen molar-refractivity contribution in [1.82, 2.24) is 30.5 Å². The number of amides is 1. The molecule has 1 aliphatic rings. The van der Waals surface area contributed by atoms with Gasteiger partial charge in [0.1, 0.15) is 0 Å². The van der Waals surface area contributed by atoms with E-state index in [-0.39, 0.29) is 5.91 Å². The molecule has 122 valence electrons. The molecule has 1 fully saturated rings. The first-order valence-corrected chi connectivity index (χ1v) is 8.02. The number of nitrogens with one attached hydrogen (secondary N) is 2. The van der Waals surface area contributed by atoms with Crippen LogP contribution in [0.2, 0.25) is 0 Å². The molecule has 2 aromatic rings. The molecule has 0 spiro atoms. The minimum absolute atomic E-state index is 0.174. The average molecular weight is 314 g/mol. The highest BCUT2D eigenvalue weighted by Gasteiger charge is 2.12. The van der Waals surface area contributed by atoms with Crippen LogP contribution in [-0.4, -0.2) is 65.1 Å². The van der Waals surface area contributed by atoms with Crippen LogP contribution in [0, 0.1) is 0 Å². The third-order valence-corrected chi connectivity index (χ3v) is 3.86.